The number of H-pyrrole nitrogens is 1. The van der Waals surface area contributed by atoms with Crippen molar-refractivity contribution >= 4 is 16.9 Å². The lowest BCUT2D eigenvalue weighted by Crippen LogP contribution is -2.30. The standard InChI is InChI=1S/C24H31N5O2/c1-14(2)20-21(27-23-28-24(3,4)13-29(23)22(20)30)18-11-26-19-6-5-16(9-17(18)19)31-12-15-7-8-25-10-15/h5-6,9,11,14-15,25-26H,7-8,10,12-13H2,1-4H3,(H,27,28). The van der Waals surface area contributed by atoms with Crippen LogP contribution in [0.5, 0.6) is 5.75 Å². The quantitative estimate of drug-likeness (QED) is 0.585. The van der Waals surface area contributed by atoms with Gasteiger partial charge in [0.25, 0.3) is 5.56 Å². The van der Waals surface area contributed by atoms with Gasteiger partial charge in [-0.2, -0.15) is 0 Å². The van der Waals surface area contributed by atoms with Crippen molar-refractivity contribution in [3.63, 3.8) is 0 Å². The van der Waals surface area contributed by atoms with Crippen molar-refractivity contribution in [1.82, 2.24) is 19.9 Å². The summed E-state index contributed by atoms with van der Waals surface area (Å²) < 4.78 is 7.88. The molecule has 0 bridgehead atoms. The highest BCUT2D eigenvalue weighted by Gasteiger charge is 2.32. The summed E-state index contributed by atoms with van der Waals surface area (Å²) in [4.78, 5) is 21.7. The summed E-state index contributed by atoms with van der Waals surface area (Å²) in [6.07, 6.45) is 3.11. The first-order chi connectivity index (χ1) is 14.8. The molecule has 2 aliphatic heterocycles. The van der Waals surface area contributed by atoms with Gasteiger partial charge in [-0.25, -0.2) is 4.98 Å². The van der Waals surface area contributed by atoms with Crippen molar-refractivity contribution in [3.05, 3.63) is 40.3 Å². The molecule has 31 heavy (non-hydrogen) atoms. The van der Waals surface area contributed by atoms with E-state index in [2.05, 4.69) is 49.4 Å². The lowest BCUT2D eigenvalue weighted by atomic mass is 9.97. The van der Waals surface area contributed by atoms with E-state index in [-0.39, 0.29) is 17.0 Å². The second-order valence-electron chi connectivity index (χ2n) is 9.83. The number of aromatic amines is 1. The molecule has 7 heteroatoms. The molecule has 5 rings (SSSR count). The van der Waals surface area contributed by atoms with Gasteiger partial charge in [-0.3, -0.25) is 9.36 Å². The van der Waals surface area contributed by atoms with Crippen molar-refractivity contribution in [2.45, 2.75) is 52.1 Å². The molecule has 7 nitrogen and oxygen atoms in total. The minimum atomic E-state index is -0.192. The van der Waals surface area contributed by atoms with Crippen LogP contribution >= 0.6 is 0 Å². The number of fused-ring (bicyclic) bond motifs is 2. The Balaban J connectivity index is 1.58. The van der Waals surface area contributed by atoms with Gasteiger partial charge in [0.1, 0.15) is 5.75 Å². The molecule has 1 aromatic carbocycles. The highest BCUT2D eigenvalue weighted by atomic mass is 16.5. The molecule has 3 aromatic rings. The van der Waals surface area contributed by atoms with Gasteiger partial charge < -0.3 is 20.4 Å². The van der Waals surface area contributed by atoms with Crippen molar-refractivity contribution in [2.24, 2.45) is 5.92 Å². The number of hydrogen-bond acceptors (Lipinski definition) is 5. The van der Waals surface area contributed by atoms with Gasteiger partial charge >= 0.3 is 0 Å². The molecule has 4 heterocycles. The lowest BCUT2D eigenvalue weighted by Gasteiger charge is -2.15. The predicted octanol–water partition coefficient (Wildman–Crippen LogP) is 3.71. The number of benzene rings is 1. The number of ether oxygens (including phenoxy) is 1. The van der Waals surface area contributed by atoms with Crippen molar-refractivity contribution in [1.29, 1.82) is 0 Å². The van der Waals surface area contributed by atoms with Crippen LogP contribution < -0.4 is 20.9 Å². The van der Waals surface area contributed by atoms with Crippen molar-refractivity contribution in [2.75, 3.05) is 25.0 Å². The fraction of sp³-hybridized carbons (Fsp3) is 0.500. The minimum absolute atomic E-state index is 0.0450. The van der Waals surface area contributed by atoms with E-state index in [1.807, 2.05) is 18.3 Å². The third-order valence-electron chi connectivity index (χ3n) is 6.34. The normalized spacial score (nSPS) is 19.7. The number of nitrogens with zero attached hydrogens (tertiary/aromatic N) is 2. The molecule has 3 N–H and O–H groups in total. The van der Waals surface area contributed by atoms with E-state index < -0.39 is 0 Å². The fourth-order valence-electron chi connectivity index (χ4n) is 4.73. The first kappa shape index (κ1) is 20.1. The van der Waals surface area contributed by atoms with Crippen LogP contribution in [0, 0.1) is 5.92 Å². The van der Waals surface area contributed by atoms with E-state index in [1.165, 1.54) is 0 Å². The molecule has 0 radical (unpaired) electrons. The largest absolute Gasteiger partial charge is 0.493 e. The van der Waals surface area contributed by atoms with Crippen LogP contribution in [-0.2, 0) is 6.54 Å². The average molecular weight is 422 g/mol. The van der Waals surface area contributed by atoms with Gasteiger partial charge in [0.2, 0.25) is 5.95 Å². The van der Waals surface area contributed by atoms with Crippen LogP contribution in [0.1, 0.15) is 45.6 Å². The molecule has 2 aliphatic rings. The van der Waals surface area contributed by atoms with E-state index in [1.54, 1.807) is 4.57 Å². The zero-order valence-electron chi connectivity index (χ0n) is 18.7. The molecular formula is C24H31N5O2. The van der Waals surface area contributed by atoms with Crippen LogP contribution in [-0.4, -0.2) is 39.8 Å². The maximum Gasteiger partial charge on any atom is 0.259 e. The summed E-state index contributed by atoms with van der Waals surface area (Å²) in [7, 11) is 0. The molecule has 0 spiro atoms. The van der Waals surface area contributed by atoms with E-state index in [4.69, 9.17) is 9.72 Å². The molecule has 1 saturated heterocycles. The number of anilines is 1. The van der Waals surface area contributed by atoms with E-state index in [9.17, 15) is 4.79 Å². The zero-order valence-corrected chi connectivity index (χ0v) is 18.7. The summed E-state index contributed by atoms with van der Waals surface area (Å²) in [5.41, 5.74) is 3.31. The number of hydrogen-bond donors (Lipinski definition) is 3. The van der Waals surface area contributed by atoms with Crippen LogP contribution in [0.2, 0.25) is 0 Å². The number of rotatable bonds is 5. The third-order valence-corrected chi connectivity index (χ3v) is 6.34. The molecule has 0 saturated carbocycles. The van der Waals surface area contributed by atoms with Crippen LogP contribution in [0.25, 0.3) is 22.2 Å². The molecule has 0 amide bonds. The van der Waals surface area contributed by atoms with E-state index in [0.717, 1.165) is 53.0 Å². The first-order valence-corrected chi connectivity index (χ1v) is 11.2. The first-order valence-electron chi connectivity index (χ1n) is 11.2. The maximum atomic E-state index is 13.4. The van der Waals surface area contributed by atoms with Gasteiger partial charge in [-0.1, -0.05) is 13.8 Å². The van der Waals surface area contributed by atoms with Crippen molar-refractivity contribution in [3.8, 4) is 17.0 Å². The second-order valence-corrected chi connectivity index (χ2v) is 9.83. The molecule has 1 atom stereocenters. The van der Waals surface area contributed by atoms with Gasteiger partial charge in [0.15, 0.2) is 0 Å². The Bertz CT molecular complexity index is 1180. The molecule has 1 unspecified atom stereocenters. The summed E-state index contributed by atoms with van der Waals surface area (Å²) in [6, 6.07) is 6.11. The molecule has 2 aromatic heterocycles. The Morgan fingerprint density at radius 2 is 2.16 bits per heavy atom. The highest BCUT2D eigenvalue weighted by molar-refractivity contribution is 5.96. The monoisotopic (exact) mass is 421 g/mol. The smallest absolute Gasteiger partial charge is 0.259 e. The van der Waals surface area contributed by atoms with E-state index in [0.29, 0.717) is 25.0 Å². The Morgan fingerprint density at radius 3 is 2.90 bits per heavy atom. The Kier molecular flexibility index (Phi) is 4.81. The molecule has 0 aliphatic carbocycles. The van der Waals surface area contributed by atoms with Crippen LogP contribution in [0.15, 0.2) is 29.2 Å². The minimum Gasteiger partial charge on any atom is -0.493 e. The van der Waals surface area contributed by atoms with Gasteiger partial charge in [-0.15, -0.1) is 0 Å². The highest BCUT2D eigenvalue weighted by Crippen LogP contribution is 2.35. The van der Waals surface area contributed by atoms with E-state index >= 15 is 0 Å². The topological polar surface area (TPSA) is 84.0 Å². The zero-order chi connectivity index (χ0) is 21.8. The van der Waals surface area contributed by atoms with Gasteiger partial charge in [-0.05, 0) is 50.9 Å². The predicted molar refractivity (Wildman–Crippen MR) is 124 cm³/mol. The summed E-state index contributed by atoms with van der Waals surface area (Å²) in [6.45, 7) is 11.7. The number of nitrogens with one attached hydrogen (secondary N) is 3. The lowest BCUT2D eigenvalue weighted by molar-refractivity contribution is 0.260. The average Bonchev–Trinajstić information content (AvgIpc) is 3.43. The summed E-state index contributed by atoms with van der Waals surface area (Å²) in [5.74, 6) is 2.12. The van der Waals surface area contributed by atoms with Crippen LogP contribution in [0.4, 0.5) is 5.95 Å². The van der Waals surface area contributed by atoms with Crippen LogP contribution in [0.3, 0.4) is 0 Å². The van der Waals surface area contributed by atoms with Gasteiger partial charge in [0.05, 0.1) is 24.4 Å². The summed E-state index contributed by atoms with van der Waals surface area (Å²) in [5, 5.41) is 7.81. The second kappa shape index (κ2) is 7.41. The SMILES string of the molecule is CC(C)c1c(-c2c[nH]c3ccc(OCC4CCNC4)cc23)nc2n(c1=O)CC(C)(C)N2. The molecular weight excluding hydrogens is 390 g/mol. The third kappa shape index (κ3) is 3.61. The van der Waals surface area contributed by atoms with Gasteiger partial charge in [0, 0.05) is 40.7 Å². The molecule has 1 fully saturated rings. The van der Waals surface area contributed by atoms with Crippen molar-refractivity contribution < 1.29 is 4.74 Å². The maximum absolute atomic E-state index is 13.4. The Morgan fingerprint density at radius 1 is 1.32 bits per heavy atom. The summed E-state index contributed by atoms with van der Waals surface area (Å²) >= 11 is 0. The fourth-order valence-corrected chi connectivity index (χ4v) is 4.73. The Hall–Kier alpha value is -2.80. The Labute approximate surface area is 182 Å². The molecule has 164 valence electrons. The number of aromatic nitrogens is 3.